The quantitative estimate of drug-likeness (QED) is 0.456. The molecule has 0 saturated carbocycles. The zero-order chi connectivity index (χ0) is 20.7. The maximum Gasteiger partial charge on any atom is 0.306 e. The van der Waals surface area contributed by atoms with Gasteiger partial charge in [0.25, 0.3) is 5.91 Å². The number of nitrogens with zero attached hydrogens (tertiary/aromatic N) is 2. The van der Waals surface area contributed by atoms with Gasteiger partial charge in [-0.25, -0.2) is 8.42 Å². The van der Waals surface area contributed by atoms with Crippen molar-refractivity contribution in [1.82, 2.24) is 9.21 Å². The number of benzene rings is 1. The molecule has 10 heteroatoms. The summed E-state index contributed by atoms with van der Waals surface area (Å²) in [6.07, 6.45) is 1.74. The van der Waals surface area contributed by atoms with Gasteiger partial charge < -0.3 is 14.4 Å². The summed E-state index contributed by atoms with van der Waals surface area (Å²) in [5.41, 5.74) is 0.912. The van der Waals surface area contributed by atoms with Gasteiger partial charge in [0.15, 0.2) is 6.61 Å². The van der Waals surface area contributed by atoms with Gasteiger partial charge in [-0.1, -0.05) is 11.6 Å². The smallest absolute Gasteiger partial charge is 0.306 e. The van der Waals surface area contributed by atoms with Crippen LogP contribution in [0.5, 0.6) is 5.75 Å². The van der Waals surface area contributed by atoms with E-state index in [1.54, 1.807) is 12.1 Å². The van der Waals surface area contributed by atoms with E-state index in [2.05, 4.69) is 0 Å². The van der Waals surface area contributed by atoms with E-state index < -0.39 is 16.0 Å². The Kier molecular flexibility index (Phi) is 8.09. The molecule has 0 spiro atoms. The van der Waals surface area contributed by atoms with Crippen LogP contribution in [0.15, 0.2) is 18.2 Å². The van der Waals surface area contributed by atoms with Gasteiger partial charge in [-0.05, 0) is 37.1 Å². The van der Waals surface area contributed by atoms with E-state index in [9.17, 15) is 18.0 Å². The molecule has 0 aliphatic carbocycles. The third-order valence-corrected chi connectivity index (χ3v) is 6.07. The maximum absolute atomic E-state index is 12.1. The second kappa shape index (κ2) is 10.1. The Balaban J connectivity index is 1.61. The molecule has 8 nitrogen and oxygen atoms in total. The predicted octanol–water partition coefficient (Wildman–Crippen LogP) is 1.45. The van der Waals surface area contributed by atoms with Crippen molar-refractivity contribution in [3.8, 4) is 5.75 Å². The Morgan fingerprint density at radius 2 is 1.86 bits per heavy atom. The molecule has 1 aliphatic heterocycles. The normalized spacial score (nSPS) is 15.3. The first-order valence-electron chi connectivity index (χ1n) is 8.94. The van der Waals surface area contributed by atoms with Crippen molar-refractivity contribution in [3.63, 3.8) is 0 Å². The molecule has 0 radical (unpaired) electrons. The number of aryl methyl sites for hydroxylation is 1. The number of hydrogen-bond acceptors (Lipinski definition) is 6. The van der Waals surface area contributed by atoms with Crippen LogP contribution >= 0.6 is 11.6 Å². The second-order valence-electron chi connectivity index (χ2n) is 6.57. The SMILES string of the molecule is Cc1cc(OCCCC(=O)OCC(=O)N2CCN(S(C)(=O)=O)CC2)ccc1Cl. The van der Waals surface area contributed by atoms with Crippen molar-refractivity contribution >= 4 is 33.5 Å². The zero-order valence-corrected chi connectivity index (χ0v) is 17.6. The molecule has 156 valence electrons. The number of ether oxygens (including phenoxy) is 2. The van der Waals surface area contributed by atoms with E-state index in [4.69, 9.17) is 21.1 Å². The molecule has 1 fully saturated rings. The van der Waals surface area contributed by atoms with Gasteiger partial charge in [0, 0.05) is 37.6 Å². The lowest BCUT2D eigenvalue weighted by atomic mass is 10.2. The topological polar surface area (TPSA) is 93.2 Å². The first kappa shape index (κ1) is 22.4. The first-order chi connectivity index (χ1) is 13.2. The van der Waals surface area contributed by atoms with Crippen molar-refractivity contribution < 1.29 is 27.5 Å². The molecule has 1 aromatic rings. The fourth-order valence-electron chi connectivity index (χ4n) is 2.69. The van der Waals surface area contributed by atoms with E-state index in [1.165, 1.54) is 9.21 Å². The Labute approximate surface area is 170 Å². The molecule has 2 rings (SSSR count). The third kappa shape index (κ3) is 6.96. The minimum Gasteiger partial charge on any atom is -0.494 e. The minimum atomic E-state index is -3.25. The average molecular weight is 433 g/mol. The van der Waals surface area contributed by atoms with Gasteiger partial charge in [-0.3, -0.25) is 9.59 Å². The van der Waals surface area contributed by atoms with Crippen LogP contribution in [0.1, 0.15) is 18.4 Å². The molecule has 0 bridgehead atoms. The van der Waals surface area contributed by atoms with Gasteiger partial charge in [-0.15, -0.1) is 0 Å². The van der Waals surface area contributed by atoms with E-state index in [0.29, 0.717) is 23.8 Å². The summed E-state index contributed by atoms with van der Waals surface area (Å²) < 4.78 is 34.8. The summed E-state index contributed by atoms with van der Waals surface area (Å²) >= 11 is 5.95. The summed E-state index contributed by atoms with van der Waals surface area (Å²) in [6, 6.07) is 5.33. The van der Waals surface area contributed by atoms with Crippen LogP contribution in [0.4, 0.5) is 0 Å². The van der Waals surface area contributed by atoms with Crippen molar-refractivity contribution in [2.75, 3.05) is 45.6 Å². The number of hydrogen-bond donors (Lipinski definition) is 0. The molecule has 0 atom stereocenters. The van der Waals surface area contributed by atoms with Crippen LogP contribution in [-0.4, -0.2) is 75.1 Å². The van der Waals surface area contributed by atoms with Crippen LogP contribution in [0, 0.1) is 6.92 Å². The molecule has 1 aliphatic rings. The molecule has 28 heavy (non-hydrogen) atoms. The molecule has 1 amide bonds. The third-order valence-electron chi connectivity index (χ3n) is 4.34. The Morgan fingerprint density at radius 3 is 2.46 bits per heavy atom. The Bertz CT molecular complexity index is 806. The van der Waals surface area contributed by atoms with Gasteiger partial charge >= 0.3 is 5.97 Å². The van der Waals surface area contributed by atoms with E-state index >= 15 is 0 Å². The average Bonchev–Trinajstić information content (AvgIpc) is 2.65. The predicted molar refractivity (Wildman–Crippen MR) is 105 cm³/mol. The molecular weight excluding hydrogens is 408 g/mol. The lowest BCUT2D eigenvalue weighted by Gasteiger charge is -2.33. The van der Waals surface area contributed by atoms with Crippen LogP contribution < -0.4 is 4.74 Å². The molecule has 0 aromatic heterocycles. The summed E-state index contributed by atoms with van der Waals surface area (Å²) in [5, 5.41) is 0.665. The Hall–Kier alpha value is -1.84. The lowest BCUT2D eigenvalue weighted by Crippen LogP contribution is -2.51. The van der Waals surface area contributed by atoms with E-state index in [0.717, 1.165) is 11.8 Å². The number of piperazine rings is 1. The molecular formula is C18H25ClN2O6S. The number of rotatable bonds is 8. The fraction of sp³-hybridized carbons (Fsp3) is 0.556. The highest BCUT2D eigenvalue weighted by atomic mass is 35.5. The molecule has 0 N–H and O–H groups in total. The number of amides is 1. The van der Waals surface area contributed by atoms with Gasteiger partial charge in [-0.2, -0.15) is 4.31 Å². The summed E-state index contributed by atoms with van der Waals surface area (Å²) in [7, 11) is -3.25. The molecule has 0 unspecified atom stereocenters. The Morgan fingerprint density at radius 1 is 1.18 bits per heavy atom. The van der Waals surface area contributed by atoms with Crippen molar-refractivity contribution in [1.29, 1.82) is 0 Å². The zero-order valence-electron chi connectivity index (χ0n) is 16.0. The number of carbonyl (C=O) groups excluding carboxylic acids is 2. The number of halogens is 1. The molecule has 1 heterocycles. The lowest BCUT2D eigenvalue weighted by molar-refractivity contribution is -0.152. The second-order valence-corrected chi connectivity index (χ2v) is 8.96. The van der Waals surface area contributed by atoms with Crippen LogP contribution in [0.25, 0.3) is 0 Å². The maximum atomic E-state index is 12.1. The van der Waals surface area contributed by atoms with Crippen LogP contribution in [0.3, 0.4) is 0 Å². The summed E-state index contributed by atoms with van der Waals surface area (Å²) in [5.74, 6) is -0.118. The number of sulfonamides is 1. The monoisotopic (exact) mass is 432 g/mol. The minimum absolute atomic E-state index is 0.141. The highest BCUT2D eigenvalue weighted by Crippen LogP contribution is 2.21. The number of carbonyl (C=O) groups is 2. The highest BCUT2D eigenvalue weighted by Gasteiger charge is 2.26. The van der Waals surface area contributed by atoms with Crippen LogP contribution in [0.2, 0.25) is 5.02 Å². The highest BCUT2D eigenvalue weighted by molar-refractivity contribution is 7.88. The van der Waals surface area contributed by atoms with E-state index in [1.807, 2.05) is 13.0 Å². The molecule has 1 aromatic carbocycles. The summed E-state index contributed by atoms with van der Waals surface area (Å²) in [6.45, 7) is 2.97. The van der Waals surface area contributed by atoms with Gasteiger partial charge in [0.1, 0.15) is 5.75 Å². The van der Waals surface area contributed by atoms with Crippen LogP contribution in [-0.2, 0) is 24.3 Å². The fourth-order valence-corrected chi connectivity index (χ4v) is 3.63. The van der Waals surface area contributed by atoms with Crippen molar-refractivity contribution in [3.05, 3.63) is 28.8 Å². The molecule has 1 saturated heterocycles. The van der Waals surface area contributed by atoms with Gasteiger partial charge in [0.05, 0.1) is 12.9 Å². The van der Waals surface area contributed by atoms with Crippen molar-refractivity contribution in [2.24, 2.45) is 0 Å². The largest absolute Gasteiger partial charge is 0.494 e. The standard InChI is InChI=1S/C18H25ClN2O6S/c1-14-12-15(5-6-16(14)19)26-11-3-4-18(23)27-13-17(22)20-7-9-21(10-8-20)28(2,24)25/h5-6,12H,3-4,7-11,13H2,1-2H3. The van der Waals surface area contributed by atoms with E-state index in [-0.39, 0.29) is 45.1 Å². The summed E-state index contributed by atoms with van der Waals surface area (Å²) in [4.78, 5) is 25.3. The first-order valence-corrected chi connectivity index (χ1v) is 11.2. The number of esters is 1. The van der Waals surface area contributed by atoms with Crippen molar-refractivity contribution in [2.45, 2.75) is 19.8 Å². The van der Waals surface area contributed by atoms with Gasteiger partial charge in [0.2, 0.25) is 10.0 Å².